The summed E-state index contributed by atoms with van der Waals surface area (Å²) in [6.45, 7) is 4.14. The molecule has 2 aliphatic rings. The number of carbonyl (C=O) groups excluding carboxylic acids is 2. The Hall–Kier alpha value is -2.27. The first-order valence-electron chi connectivity index (χ1n) is 8.75. The number of nitrogens with two attached hydrogens (primary N) is 1. The van der Waals surface area contributed by atoms with E-state index in [0.717, 1.165) is 0 Å². The highest BCUT2D eigenvalue weighted by Gasteiger charge is 2.41. The normalized spacial score (nSPS) is 20.2. The first kappa shape index (κ1) is 18.5. The largest absolute Gasteiger partial charge is 0.462 e. The molecule has 26 heavy (non-hydrogen) atoms. The molecule has 3 rings (SSSR count). The maximum Gasteiger partial charge on any atom is 0.340 e. The van der Waals surface area contributed by atoms with Gasteiger partial charge in [-0.2, -0.15) is 0 Å². The van der Waals surface area contributed by atoms with Gasteiger partial charge in [0.05, 0.1) is 12.5 Å². The van der Waals surface area contributed by atoms with Crippen LogP contribution in [0.1, 0.15) is 44.6 Å². The molecule has 0 spiro atoms. The Balaban J connectivity index is 2.10. The molecule has 1 heterocycles. The summed E-state index contributed by atoms with van der Waals surface area (Å²) in [5, 5.41) is 0.464. The number of allylic oxidation sites excluding steroid dienone is 2. The van der Waals surface area contributed by atoms with Crippen molar-refractivity contribution < 1.29 is 19.1 Å². The van der Waals surface area contributed by atoms with Crippen LogP contribution in [0, 0.1) is 5.92 Å². The molecule has 1 aliphatic carbocycles. The van der Waals surface area contributed by atoms with Crippen LogP contribution in [0.15, 0.2) is 47.1 Å². The summed E-state index contributed by atoms with van der Waals surface area (Å²) in [7, 11) is 0. The number of hydrogen-bond donors (Lipinski definition) is 1. The van der Waals surface area contributed by atoms with Crippen molar-refractivity contribution in [3.8, 4) is 0 Å². The van der Waals surface area contributed by atoms with Crippen molar-refractivity contribution in [3.63, 3.8) is 0 Å². The van der Waals surface area contributed by atoms with Crippen LogP contribution in [-0.2, 0) is 19.1 Å². The van der Waals surface area contributed by atoms with Gasteiger partial charge in [0.25, 0.3) is 0 Å². The Morgan fingerprint density at radius 2 is 2.08 bits per heavy atom. The third kappa shape index (κ3) is 3.49. The van der Waals surface area contributed by atoms with E-state index >= 15 is 0 Å². The topological polar surface area (TPSA) is 78.6 Å². The molecule has 0 bridgehead atoms. The molecule has 0 radical (unpaired) electrons. The molecule has 2 N–H and O–H groups in total. The minimum absolute atomic E-state index is 0.0166. The van der Waals surface area contributed by atoms with E-state index in [0.29, 0.717) is 41.2 Å². The van der Waals surface area contributed by atoms with Crippen molar-refractivity contribution in [2.75, 3.05) is 6.61 Å². The molecule has 6 heteroatoms. The second-order valence-corrected chi connectivity index (χ2v) is 7.35. The molecule has 138 valence electrons. The summed E-state index contributed by atoms with van der Waals surface area (Å²) >= 11 is 6.39. The van der Waals surface area contributed by atoms with Gasteiger partial charge in [0.15, 0.2) is 5.78 Å². The van der Waals surface area contributed by atoms with Crippen molar-refractivity contribution in [1.82, 2.24) is 0 Å². The average molecular weight is 376 g/mol. The maximum atomic E-state index is 12.8. The lowest BCUT2D eigenvalue weighted by Gasteiger charge is -2.32. The zero-order valence-corrected chi connectivity index (χ0v) is 15.6. The molecule has 5 nitrogen and oxygen atoms in total. The third-order valence-electron chi connectivity index (χ3n) is 4.47. The molecule has 0 fully saturated rings. The molecule has 0 saturated heterocycles. The van der Waals surface area contributed by atoms with E-state index < -0.39 is 11.9 Å². The van der Waals surface area contributed by atoms with Crippen molar-refractivity contribution in [2.24, 2.45) is 11.7 Å². The first-order valence-corrected chi connectivity index (χ1v) is 9.13. The first-order chi connectivity index (χ1) is 12.4. The van der Waals surface area contributed by atoms with E-state index in [-0.39, 0.29) is 29.8 Å². The fraction of sp³-hybridized carbons (Fsp3) is 0.400. The Labute approximate surface area is 157 Å². The van der Waals surface area contributed by atoms with Crippen molar-refractivity contribution in [2.45, 2.75) is 39.0 Å². The summed E-state index contributed by atoms with van der Waals surface area (Å²) in [5.41, 5.74) is 7.35. The molecule has 0 aromatic heterocycles. The lowest BCUT2D eigenvalue weighted by Crippen LogP contribution is -2.32. The number of Topliss-reactive ketones (excluding diaryl/α,β-unsaturated/α-hetero) is 1. The van der Waals surface area contributed by atoms with Crippen LogP contribution >= 0.6 is 11.6 Å². The molecule has 1 aromatic carbocycles. The van der Waals surface area contributed by atoms with Gasteiger partial charge in [0.1, 0.15) is 11.3 Å². The summed E-state index contributed by atoms with van der Waals surface area (Å²) in [6.07, 6.45) is 1.72. The van der Waals surface area contributed by atoms with Gasteiger partial charge in [-0.1, -0.05) is 43.6 Å². The zero-order valence-electron chi connectivity index (χ0n) is 14.9. The van der Waals surface area contributed by atoms with E-state index in [9.17, 15) is 9.59 Å². The van der Waals surface area contributed by atoms with Gasteiger partial charge in [0.2, 0.25) is 5.88 Å². The van der Waals surface area contributed by atoms with Gasteiger partial charge < -0.3 is 15.2 Å². The van der Waals surface area contributed by atoms with Crippen LogP contribution in [-0.4, -0.2) is 18.4 Å². The van der Waals surface area contributed by atoms with Gasteiger partial charge in [0, 0.05) is 23.4 Å². The molecule has 1 aliphatic heterocycles. The Kier molecular flexibility index (Phi) is 5.37. The van der Waals surface area contributed by atoms with E-state index in [1.807, 2.05) is 19.9 Å². The minimum Gasteiger partial charge on any atom is -0.462 e. The summed E-state index contributed by atoms with van der Waals surface area (Å²) in [6, 6.07) is 7.14. The van der Waals surface area contributed by atoms with Crippen LogP contribution < -0.4 is 5.73 Å². The smallest absolute Gasteiger partial charge is 0.340 e. The van der Waals surface area contributed by atoms with Gasteiger partial charge in [-0.25, -0.2) is 4.79 Å². The molecule has 1 atom stereocenters. The number of carbonyl (C=O) groups is 2. The van der Waals surface area contributed by atoms with Crippen LogP contribution in [0.3, 0.4) is 0 Å². The Morgan fingerprint density at radius 3 is 2.77 bits per heavy atom. The Morgan fingerprint density at radius 1 is 1.35 bits per heavy atom. The number of ether oxygens (including phenoxy) is 2. The number of halogens is 1. The van der Waals surface area contributed by atoms with Gasteiger partial charge in [-0.3, -0.25) is 4.79 Å². The lowest BCUT2D eigenvalue weighted by molar-refractivity contribution is -0.140. The highest BCUT2D eigenvalue weighted by molar-refractivity contribution is 6.31. The van der Waals surface area contributed by atoms with Gasteiger partial charge in [-0.15, -0.1) is 0 Å². The van der Waals surface area contributed by atoms with Crippen LogP contribution in [0.25, 0.3) is 0 Å². The van der Waals surface area contributed by atoms with E-state index in [4.69, 9.17) is 26.8 Å². The monoisotopic (exact) mass is 375 g/mol. The molecule has 0 unspecified atom stereocenters. The second-order valence-electron chi connectivity index (χ2n) is 6.94. The highest BCUT2D eigenvalue weighted by atomic mass is 35.5. The van der Waals surface area contributed by atoms with Crippen LogP contribution in [0.2, 0.25) is 5.02 Å². The number of esters is 1. The molecule has 0 saturated carbocycles. The maximum absolute atomic E-state index is 12.8. The van der Waals surface area contributed by atoms with Crippen LogP contribution in [0.4, 0.5) is 0 Å². The fourth-order valence-corrected chi connectivity index (χ4v) is 3.54. The van der Waals surface area contributed by atoms with Gasteiger partial charge >= 0.3 is 5.97 Å². The van der Waals surface area contributed by atoms with E-state index in [1.165, 1.54) is 0 Å². The van der Waals surface area contributed by atoms with E-state index in [2.05, 4.69) is 0 Å². The standard InChI is InChI=1S/C20H22ClNO4/c1-11(2)10-25-20(24)18-16(12-6-3-4-7-13(12)21)17-14(23)8-5-9-15(17)26-19(18)22/h3-4,6-7,11,16H,5,8-10,22H2,1-2H3/t16-/m0/s1. The molecular weight excluding hydrogens is 354 g/mol. The number of ketones is 1. The summed E-state index contributed by atoms with van der Waals surface area (Å²) in [4.78, 5) is 25.4. The third-order valence-corrected chi connectivity index (χ3v) is 4.81. The second kappa shape index (κ2) is 7.54. The molecule has 1 aromatic rings. The summed E-state index contributed by atoms with van der Waals surface area (Å²) in [5.74, 6) is -0.597. The van der Waals surface area contributed by atoms with Crippen molar-refractivity contribution in [3.05, 3.63) is 57.6 Å². The lowest BCUT2D eigenvalue weighted by atomic mass is 9.77. The van der Waals surface area contributed by atoms with Crippen molar-refractivity contribution >= 4 is 23.4 Å². The quantitative estimate of drug-likeness (QED) is 0.809. The minimum atomic E-state index is -0.667. The zero-order chi connectivity index (χ0) is 18.8. The molecular formula is C20H22ClNO4. The predicted octanol–water partition coefficient (Wildman–Crippen LogP) is 3.83. The average Bonchev–Trinajstić information content (AvgIpc) is 2.59. The number of rotatable bonds is 4. The Bertz CT molecular complexity index is 810. The van der Waals surface area contributed by atoms with Gasteiger partial charge in [-0.05, 0) is 24.0 Å². The van der Waals surface area contributed by atoms with Crippen LogP contribution in [0.5, 0.6) is 0 Å². The number of hydrogen-bond acceptors (Lipinski definition) is 5. The van der Waals surface area contributed by atoms with Crippen molar-refractivity contribution in [1.29, 1.82) is 0 Å². The fourth-order valence-electron chi connectivity index (χ4n) is 3.30. The highest BCUT2D eigenvalue weighted by Crippen LogP contribution is 2.45. The molecule has 0 amide bonds. The SMILES string of the molecule is CC(C)COC(=O)C1=C(N)OC2=C(C(=O)CCC2)[C@@H]1c1ccccc1Cl. The summed E-state index contributed by atoms with van der Waals surface area (Å²) < 4.78 is 11.1. The van der Waals surface area contributed by atoms with E-state index in [1.54, 1.807) is 18.2 Å². The predicted molar refractivity (Wildman–Crippen MR) is 98.2 cm³/mol. The number of benzene rings is 1.